The smallest absolute Gasteiger partial charge is 0.160 e. The van der Waals surface area contributed by atoms with Crippen LogP contribution in [0.25, 0.3) is 0 Å². The molecule has 0 amide bonds. The van der Waals surface area contributed by atoms with Gasteiger partial charge in [0.2, 0.25) is 0 Å². The maximum Gasteiger partial charge on any atom is 0.160 e. The minimum atomic E-state index is 0.137. The number of hydrogen-bond acceptors (Lipinski definition) is 1. The van der Waals surface area contributed by atoms with Gasteiger partial charge in [-0.25, -0.2) is 0 Å². The molecule has 0 saturated heterocycles. The zero-order valence-corrected chi connectivity index (χ0v) is 10.3. The molecule has 16 heavy (non-hydrogen) atoms. The average molecular weight is 231 g/mol. The van der Waals surface area contributed by atoms with E-state index in [-0.39, 0.29) is 10.9 Å². The van der Waals surface area contributed by atoms with E-state index in [1.807, 2.05) is 12.1 Å². The Hall–Kier alpha value is -1.41. The van der Waals surface area contributed by atoms with Crippen LogP contribution in [0.4, 0.5) is 0 Å². The molecule has 0 aromatic heterocycles. The number of rotatable bonds is 3. The van der Waals surface area contributed by atoms with Crippen molar-refractivity contribution in [2.24, 2.45) is 0 Å². The van der Waals surface area contributed by atoms with Crippen LogP contribution in [-0.4, -0.2) is 13.4 Å². The van der Waals surface area contributed by atoms with Crippen molar-refractivity contribution >= 4 is 10.9 Å². The molecule has 0 saturated carbocycles. The van der Waals surface area contributed by atoms with Crippen molar-refractivity contribution in [3.8, 4) is 5.75 Å². The van der Waals surface area contributed by atoms with Gasteiger partial charge in [-0.3, -0.25) is 0 Å². The molecule has 0 aliphatic carbocycles. The van der Waals surface area contributed by atoms with Crippen molar-refractivity contribution in [2.75, 3.05) is 13.4 Å². The van der Waals surface area contributed by atoms with E-state index in [2.05, 4.69) is 48.7 Å². The summed E-state index contributed by atoms with van der Waals surface area (Å²) in [4.78, 5) is 2.71. The van der Waals surface area contributed by atoms with E-state index >= 15 is 0 Å². The molecule has 1 atom stereocenters. The third kappa shape index (κ3) is 2.39. The van der Waals surface area contributed by atoms with Gasteiger partial charge in [-0.2, -0.15) is 0 Å². The average Bonchev–Trinajstić information content (AvgIpc) is 2.39. The van der Waals surface area contributed by atoms with Gasteiger partial charge in [0, 0.05) is 0 Å². The monoisotopic (exact) mass is 231 g/mol. The predicted octanol–water partition coefficient (Wildman–Crippen LogP) is 3.36. The quantitative estimate of drug-likeness (QED) is 0.736. The fourth-order valence-electron chi connectivity index (χ4n) is 1.54. The molecule has 1 nitrogen and oxygen atoms in total. The second kappa shape index (κ2) is 5.08. The van der Waals surface area contributed by atoms with Gasteiger partial charge in [-0.05, 0) is 36.4 Å². The highest BCUT2D eigenvalue weighted by atomic mass is 32.2. The Balaban J connectivity index is 2.24. The molecule has 0 bridgehead atoms. The fourth-order valence-corrected chi connectivity index (χ4v) is 2.92. The zero-order chi connectivity index (χ0) is 11.4. The van der Waals surface area contributed by atoms with Crippen LogP contribution >= 0.6 is 0 Å². The van der Waals surface area contributed by atoms with Gasteiger partial charge in [0.1, 0.15) is 12.0 Å². The largest absolute Gasteiger partial charge is 0.497 e. The summed E-state index contributed by atoms with van der Waals surface area (Å²) in [6.07, 6.45) is 2.25. The normalized spacial score (nSPS) is 12.1. The predicted molar refractivity (Wildman–Crippen MR) is 69.3 cm³/mol. The molecule has 2 heteroatoms. The van der Waals surface area contributed by atoms with Crippen LogP contribution in [0, 0.1) is 0 Å². The Bertz CT molecular complexity index is 436. The van der Waals surface area contributed by atoms with Crippen LogP contribution in [0.1, 0.15) is 0 Å². The Morgan fingerprint density at radius 1 is 0.812 bits per heavy atom. The summed E-state index contributed by atoms with van der Waals surface area (Å²) in [5.41, 5.74) is 0. The lowest BCUT2D eigenvalue weighted by molar-refractivity contribution is 0.414. The van der Waals surface area contributed by atoms with E-state index in [4.69, 9.17) is 4.74 Å². The second-order valence-corrected chi connectivity index (χ2v) is 5.46. The third-order valence-corrected chi connectivity index (χ3v) is 4.47. The van der Waals surface area contributed by atoms with Crippen molar-refractivity contribution < 1.29 is 4.74 Å². The summed E-state index contributed by atoms with van der Waals surface area (Å²) < 4.78 is 5.16. The molecule has 82 valence electrons. The molecule has 0 spiro atoms. The van der Waals surface area contributed by atoms with E-state index in [9.17, 15) is 0 Å². The molecule has 2 rings (SSSR count). The van der Waals surface area contributed by atoms with Gasteiger partial charge in [-0.15, -0.1) is 0 Å². The lowest BCUT2D eigenvalue weighted by atomic mass is 10.3. The van der Waals surface area contributed by atoms with Gasteiger partial charge in [-0.1, -0.05) is 18.2 Å². The summed E-state index contributed by atoms with van der Waals surface area (Å²) in [6, 6.07) is 18.9. The van der Waals surface area contributed by atoms with E-state index in [1.54, 1.807) is 7.11 Å². The molecular formula is C14H15OS+. The van der Waals surface area contributed by atoms with Crippen molar-refractivity contribution in [1.29, 1.82) is 0 Å². The van der Waals surface area contributed by atoms with E-state index < -0.39 is 0 Å². The van der Waals surface area contributed by atoms with Crippen molar-refractivity contribution in [2.45, 2.75) is 9.79 Å². The minimum absolute atomic E-state index is 0.137. The summed E-state index contributed by atoms with van der Waals surface area (Å²) in [5.74, 6) is 0.911. The Morgan fingerprint density at radius 3 is 1.94 bits per heavy atom. The molecule has 0 fully saturated rings. The molecule has 0 aliphatic rings. The first-order chi connectivity index (χ1) is 7.81. The lowest BCUT2D eigenvalue weighted by Crippen LogP contribution is -2.00. The maximum absolute atomic E-state index is 5.16. The van der Waals surface area contributed by atoms with E-state index in [1.165, 1.54) is 9.79 Å². The Labute approximate surface area is 99.4 Å². The molecule has 0 radical (unpaired) electrons. The number of benzene rings is 2. The zero-order valence-electron chi connectivity index (χ0n) is 9.51. The van der Waals surface area contributed by atoms with Crippen molar-refractivity contribution in [3.05, 3.63) is 54.6 Å². The van der Waals surface area contributed by atoms with Crippen LogP contribution in [0.2, 0.25) is 0 Å². The highest BCUT2D eigenvalue weighted by Gasteiger charge is 2.18. The molecular weight excluding hydrogens is 216 g/mol. The lowest BCUT2D eigenvalue weighted by Gasteiger charge is -2.03. The first-order valence-electron chi connectivity index (χ1n) is 5.16. The van der Waals surface area contributed by atoms with Crippen LogP contribution < -0.4 is 4.74 Å². The van der Waals surface area contributed by atoms with Crippen LogP contribution in [-0.2, 0) is 10.9 Å². The van der Waals surface area contributed by atoms with E-state index in [0.29, 0.717) is 0 Å². The molecule has 0 N–H and O–H groups in total. The van der Waals surface area contributed by atoms with Crippen LogP contribution in [0.15, 0.2) is 64.4 Å². The first-order valence-corrected chi connectivity index (χ1v) is 6.79. The molecule has 2 aromatic rings. The highest BCUT2D eigenvalue weighted by molar-refractivity contribution is 7.96. The summed E-state index contributed by atoms with van der Waals surface area (Å²) in [6.45, 7) is 0. The third-order valence-electron chi connectivity index (χ3n) is 2.51. The number of methoxy groups -OCH3 is 1. The minimum Gasteiger partial charge on any atom is -0.497 e. The van der Waals surface area contributed by atoms with Crippen LogP contribution in [0.5, 0.6) is 5.75 Å². The number of ether oxygens (including phenoxy) is 1. The van der Waals surface area contributed by atoms with Crippen molar-refractivity contribution in [1.82, 2.24) is 0 Å². The SMILES string of the molecule is COc1ccc([S+](C)c2ccccc2)cc1. The summed E-state index contributed by atoms with van der Waals surface area (Å²) in [7, 11) is 1.83. The molecule has 1 unspecified atom stereocenters. The maximum atomic E-state index is 5.16. The fraction of sp³-hybridized carbons (Fsp3) is 0.143. The van der Waals surface area contributed by atoms with Gasteiger partial charge in [0.15, 0.2) is 9.79 Å². The van der Waals surface area contributed by atoms with Gasteiger partial charge >= 0.3 is 0 Å². The molecule has 0 aliphatic heterocycles. The Morgan fingerprint density at radius 2 is 1.38 bits per heavy atom. The topological polar surface area (TPSA) is 9.23 Å². The van der Waals surface area contributed by atoms with Crippen molar-refractivity contribution in [3.63, 3.8) is 0 Å². The van der Waals surface area contributed by atoms with Crippen LogP contribution in [0.3, 0.4) is 0 Å². The van der Waals surface area contributed by atoms with Gasteiger partial charge in [0.05, 0.1) is 18.0 Å². The Kier molecular flexibility index (Phi) is 3.52. The summed E-state index contributed by atoms with van der Waals surface area (Å²) in [5, 5.41) is 0. The first kappa shape index (κ1) is 11.1. The van der Waals surface area contributed by atoms with E-state index in [0.717, 1.165) is 5.75 Å². The van der Waals surface area contributed by atoms with Gasteiger partial charge in [0.25, 0.3) is 0 Å². The second-order valence-electron chi connectivity index (χ2n) is 3.50. The summed E-state index contributed by atoms with van der Waals surface area (Å²) >= 11 is 0. The molecule has 0 heterocycles. The standard InChI is InChI=1S/C14H15OS/c1-15-12-8-10-14(11-9-12)16(2)13-6-4-3-5-7-13/h3-11H,1-2H3/q+1. The van der Waals surface area contributed by atoms with Gasteiger partial charge < -0.3 is 4.74 Å². The highest BCUT2D eigenvalue weighted by Crippen LogP contribution is 2.22. The molecule has 2 aromatic carbocycles. The number of hydrogen-bond donors (Lipinski definition) is 0.